The van der Waals surface area contributed by atoms with E-state index in [0.29, 0.717) is 5.57 Å². The van der Waals surface area contributed by atoms with E-state index in [-0.39, 0.29) is 18.2 Å². The van der Waals surface area contributed by atoms with Gasteiger partial charge in [0.2, 0.25) is 0 Å². The highest BCUT2D eigenvalue weighted by atomic mass is 16.5. The molecular weight excluding hydrogens is 168 g/mol. The molecule has 0 aromatic rings. The van der Waals surface area contributed by atoms with Crippen molar-refractivity contribution in [3.8, 4) is 0 Å². The molecule has 0 heterocycles. The Balaban J connectivity index is 2.30. The Morgan fingerprint density at radius 1 is 1.38 bits per heavy atom. The van der Waals surface area contributed by atoms with Gasteiger partial charge in [-0.25, -0.2) is 4.79 Å². The lowest BCUT2D eigenvalue weighted by Crippen LogP contribution is -2.26. The minimum atomic E-state index is -0.318. The minimum absolute atomic E-state index is 0.0207. The van der Waals surface area contributed by atoms with Gasteiger partial charge in [0.1, 0.15) is 6.10 Å². The van der Waals surface area contributed by atoms with Gasteiger partial charge in [0, 0.05) is 5.57 Å². The summed E-state index contributed by atoms with van der Waals surface area (Å²) in [6.45, 7) is 5.15. The maximum atomic E-state index is 11.1. The van der Waals surface area contributed by atoms with Crippen LogP contribution in [0.3, 0.4) is 0 Å². The molecule has 1 aliphatic rings. The fraction of sp³-hybridized carbons (Fsp3) is 0.700. The molecule has 1 N–H and O–H groups in total. The summed E-state index contributed by atoms with van der Waals surface area (Å²) in [6, 6.07) is 0. The fourth-order valence-electron chi connectivity index (χ4n) is 1.42. The monoisotopic (exact) mass is 184 g/mol. The summed E-state index contributed by atoms with van der Waals surface area (Å²) in [5, 5.41) is 9.21. The van der Waals surface area contributed by atoms with E-state index in [4.69, 9.17) is 4.74 Å². The fourth-order valence-corrected chi connectivity index (χ4v) is 1.42. The Kier molecular flexibility index (Phi) is 3.48. The number of rotatable bonds is 2. The van der Waals surface area contributed by atoms with Crippen LogP contribution in [-0.2, 0) is 9.53 Å². The summed E-state index contributed by atoms with van der Waals surface area (Å²) in [5.74, 6) is -0.318. The number of hydrogen-bond donors (Lipinski definition) is 1. The Bertz CT molecular complexity index is 202. The number of hydrogen-bond acceptors (Lipinski definition) is 3. The standard InChI is InChI=1S/C10H16O3/c1-7(2)10(12)13-9-5-3-8(11)4-6-9/h8-9,11H,1,3-6H2,2H3/t8-,9-. The Morgan fingerprint density at radius 2 is 1.92 bits per heavy atom. The van der Waals surface area contributed by atoms with Crippen LogP contribution in [-0.4, -0.2) is 23.3 Å². The van der Waals surface area contributed by atoms with E-state index >= 15 is 0 Å². The smallest absolute Gasteiger partial charge is 0.333 e. The SMILES string of the molecule is C=C(C)C(=O)O[C@H]1CC[C@H](O)CC1. The van der Waals surface area contributed by atoms with Gasteiger partial charge in [-0.1, -0.05) is 6.58 Å². The van der Waals surface area contributed by atoms with Crippen LogP contribution in [0.25, 0.3) is 0 Å². The minimum Gasteiger partial charge on any atom is -0.459 e. The first-order valence-electron chi connectivity index (χ1n) is 4.64. The zero-order valence-corrected chi connectivity index (χ0v) is 7.95. The van der Waals surface area contributed by atoms with Crippen molar-refractivity contribution >= 4 is 5.97 Å². The summed E-state index contributed by atoms with van der Waals surface area (Å²) >= 11 is 0. The van der Waals surface area contributed by atoms with Gasteiger partial charge in [-0.3, -0.25) is 0 Å². The number of aliphatic hydroxyl groups is 1. The van der Waals surface area contributed by atoms with Crippen molar-refractivity contribution in [3.63, 3.8) is 0 Å². The Labute approximate surface area is 78.4 Å². The molecule has 13 heavy (non-hydrogen) atoms. The number of ether oxygens (including phenoxy) is 1. The zero-order valence-electron chi connectivity index (χ0n) is 7.95. The second-order valence-electron chi connectivity index (χ2n) is 3.62. The van der Waals surface area contributed by atoms with Crippen LogP contribution in [0.15, 0.2) is 12.2 Å². The van der Waals surface area contributed by atoms with Crippen LogP contribution in [0.5, 0.6) is 0 Å². The van der Waals surface area contributed by atoms with Crippen LogP contribution >= 0.6 is 0 Å². The molecule has 0 spiro atoms. The van der Waals surface area contributed by atoms with Crippen LogP contribution in [0, 0.1) is 0 Å². The molecule has 0 aromatic carbocycles. The van der Waals surface area contributed by atoms with Gasteiger partial charge >= 0.3 is 5.97 Å². The van der Waals surface area contributed by atoms with Crippen LogP contribution in [0.1, 0.15) is 32.6 Å². The van der Waals surface area contributed by atoms with E-state index in [1.165, 1.54) is 0 Å². The van der Waals surface area contributed by atoms with Crippen molar-refractivity contribution in [2.75, 3.05) is 0 Å². The van der Waals surface area contributed by atoms with Gasteiger partial charge in [-0.05, 0) is 32.6 Å². The van der Waals surface area contributed by atoms with Crippen LogP contribution < -0.4 is 0 Å². The molecule has 0 unspecified atom stereocenters. The number of carbonyl (C=O) groups is 1. The van der Waals surface area contributed by atoms with Gasteiger partial charge in [-0.15, -0.1) is 0 Å². The first-order chi connectivity index (χ1) is 6.09. The van der Waals surface area contributed by atoms with Crippen molar-refractivity contribution in [2.45, 2.75) is 44.8 Å². The molecule has 0 aliphatic heterocycles. The molecule has 0 aromatic heterocycles. The Hall–Kier alpha value is -0.830. The van der Waals surface area contributed by atoms with E-state index in [1.807, 2.05) is 0 Å². The van der Waals surface area contributed by atoms with Gasteiger partial charge < -0.3 is 9.84 Å². The first kappa shape index (κ1) is 10.3. The highest BCUT2D eigenvalue weighted by Crippen LogP contribution is 2.21. The maximum Gasteiger partial charge on any atom is 0.333 e. The lowest BCUT2D eigenvalue weighted by molar-refractivity contribution is -0.146. The lowest BCUT2D eigenvalue weighted by Gasteiger charge is -2.25. The molecule has 3 heteroatoms. The van der Waals surface area contributed by atoms with Gasteiger partial charge in [0.05, 0.1) is 6.10 Å². The molecule has 0 saturated heterocycles. The zero-order chi connectivity index (χ0) is 9.84. The normalized spacial score (nSPS) is 28.2. The van der Waals surface area contributed by atoms with E-state index in [1.54, 1.807) is 6.92 Å². The molecular formula is C10H16O3. The molecule has 0 bridgehead atoms. The third kappa shape index (κ3) is 3.19. The van der Waals surface area contributed by atoms with Crippen molar-refractivity contribution in [2.24, 2.45) is 0 Å². The highest BCUT2D eigenvalue weighted by molar-refractivity contribution is 5.87. The molecule has 3 nitrogen and oxygen atoms in total. The van der Waals surface area contributed by atoms with Crippen molar-refractivity contribution in [1.82, 2.24) is 0 Å². The van der Waals surface area contributed by atoms with E-state index in [9.17, 15) is 9.90 Å². The van der Waals surface area contributed by atoms with Gasteiger partial charge in [0.25, 0.3) is 0 Å². The maximum absolute atomic E-state index is 11.1. The number of aliphatic hydroxyl groups excluding tert-OH is 1. The van der Waals surface area contributed by atoms with Crippen LogP contribution in [0.2, 0.25) is 0 Å². The summed E-state index contributed by atoms with van der Waals surface area (Å²) in [5.41, 5.74) is 0.436. The first-order valence-corrected chi connectivity index (χ1v) is 4.64. The van der Waals surface area contributed by atoms with E-state index in [2.05, 4.69) is 6.58 Å². The third-order valence-corrected chi connectivity index (χ3v) is 2.27. The quantitative estimate of drug-likeness (QED) is 0.521. The summed E-state index contributed by atoms with van der Waals surface area (Å²) in [6.07, 6.45) is 2.76. The molecule has 0 atom stereocenters. The highest BCUT2D eigenvalue weighted by Gasteiger charge is 2.22. The van der Waals surface area contributed by atoms with E-state index < -0.39 is 0 Å². The largest absolute Gasteiger partial charge is 0.459 e. The molecule has 1 aliphatic carbocycles. The van der Waals surface area contributed by atoms with Crippen LogP contribution in [0.4, 0.5) is 0 Å². The van der Waals surface area contributed by atoms with E-state index in [0.717, 1.165) is 25.7 Å². The molecule has 0 amide bonds. The number of carbonyl (C=O) groups excluding carboxylic acids is 1. The van der Waals surface area contributed by atoms with Crippen molar-refractivity contribution in [1.29, 1.82) is 0 Å². The topological polar surface area (TPSA) is 46.5 Å². The van der Waals surface area contributed by atoms with Crippen molar-refractivity contribution in [3.05, 3.63) is 12.2 Å². The van der Waals surface area contributed by atoms with Gasteiger partial charge in [0.15, 0.2) is 0 Å². The average molecular weight is 184 g/mol. The number of esters is 1. The second-order valence-corrected chi connectivity index (χ2v) is 3.62. The predicted molar refractivity (Wildman–Crippen MR) is 49.2 cm³/mol. The van der Waals surface area contributed by atoms with Crippen molar-refractivity contribution < 1.29 is 14.6 Å². The molecule has 0 radical (unpaired) electrons. The molecule has 1 fully saturated rings. The Morgan fingerprint density at radius 3 is 2.38 bits per heavy atom. The summed E-state index contributed by atoms with van der Waals surface area (Å²) in [7, 11) is 0. The summed E-state index contributed by atoms with van der Waals surface area (Å²) < 4.78 is 5.15. The van der Waals surface area contributed by atoms with Gasteiger partial charge in [-0.2, -0.15) is 0 Å². The molecule has 1 rings (SSSR count). The average Bonchev–Trinajstić information content (AvgIpc) is 2.08. The predicted octanol–water partition coefficient (Wildman–Crippen LogP) is 1.41. The molecule has 74 valence electrons. The molecule has 1 saturated carbocycles. The summed E-state index contributed by atoms with van der Waals surface area (Å²) in [4.78, 5) is 11.1. The third-order valence-electron chi connectivity index (χ3n) is 2.27. The second kappa shape index (κ2) is 4.42. The lowest BCUT2D eigenvalue weighted by atomic mass is 9.95.